The highest BCUT2D eigenvalue weighted by atomic mass is 35.5. The van der Waals surface area contributed by atoms with E-state index in [0.717, 1.165) is 54.0 Å². The van der Waals surface area contributed by atoms with E-state index in [2.05, 4.69) is 16.3 Å². The van der Waals surface area contributed by atoms with Crippen molar-refractivity contribution in [2.24, 2.45) is 0 Å². The Morgan fingerprint density at radius 3 is 2.75 bits per heavy atom. The minimum Gasteiger partial charge on any atom is -0.454 e. The number of nitrogens with zero attached hydrogens (tertiary/aromatic N) is 1. The molecule has 0 unspecified atom stereocenters. The van der Waals surface area contributed by atoms with Crippen LogP contribution in [0.1, 0.15) is 18.5 Å². The second-order valence-corrected chi connectivity index (χ2v) is 7.73. The normalized spacial score (nSPS) is 17.4. The van der Waals surface area contributed by atoms with Gasteiger partial charge in [-0.15, -0.1) is 0 Å². The Hall–Kier alpha value is -2.44. The Kier molecular flexibility index (Phi) is 5.59. The van der Waals surface area contributed by atoms with Crippen molar-refractivity contribution < 1.29 is 19.2 Å². The number of ether oxygens (including phenoxy) is 2. The van der Waals surface area contributed by atoms with Crippen LogP contribution >= 0.6 is 11.6 Å². The molecule has 0 aromatic heterocycles. The number of halogens is 1. The molecule has 0 aliphatic carbocycles. The Morgan fingerprint density at radius 1 is 1.18 bits per heavy atom. The maximum Gasteiger partial charge on any atom is 0.275 e. The van der Waals surface area contributed by atoms with Crippen molar-refractivity contribution >= 4 is 23.2 Å². The smallest absolute Gasteiger partial charge is 0.275 e. The van der Waals surface area contributed by atoms with Crippen LogP contribution in [0.15, 0.2) is 42.5 Å². The molecule has 0 bridgehead atoms. The number of piperazine rings is 1. The summed E-state index contributed by atoms with van der Waals surface area (Å²) < 4.78 is 10.8. The molecular formula is C21H25ClN3O3+. The van der Waals surface area contributed by atoms with E-state index in [9.17, 15) is 4.79 Å². The Bertz CT molecular complexity index is 853. The maximum absolute atomic E-state index is 12.5. The average Bonchev–Trinajstić information content (AvgIpc) is 3.16. The van der Waals surface area contributed by atoms with Gasteiger partial charge < -0.3 is 24.6 Å². The fourth-order valence-electron chi connectivity index (χ4n) is 3.72. The molecule has 2 aliphatic heterocycles. The number of hydrogen-bond donors (Lipinski definition) is 2. The lowest BCUT2D eigenvalue weighted by Gasteiger charge is -2.33. The Morgan fingerprint density at radius 2 is 1.96 bits per heavy atom. The van der Waals surface area contributed by atoms with Gasteiger partial charge in [-0.2, -0.15) is 0 Å². The van der Waals surface area contributed by atoms with Crippen LogP contribution in [0, 0.1) is 0 Å². The summed E-state index contributed by atoms with van der Waals surface area (Å²) in [5, 5.41) is 3.85. The van der Waals surface area contributed by atoms with Gasteiger partial charge in [0.25, 0.3) is 5.91 Å². The van der Waals surface area contributed by atoms with Crippen LogP contribution in [0.3, 0.4) is 0 Å². The fourth-order valence-corrected chi connectivity index (χ4v) is 3.90. The average molecular weight is 403 g/mol. The summed E-state index contributed by atoms with van der Waals surface area (Å²) in [7, 11) is 0. The lowest BCUT2D eigenvalue weighted by molar-refractivity contribution is -0.892. The number of carbonyl (C=O) groups is 1. The van der Waals surface area contributed by atoms with Crippen molar-refractivity contribution in [3.05, 3.63) is 53.1 Å². The zero-order chi connectivity index (χ0) is 19.5. The molecule has 0 radical (unpaired) electrons. The first-order valence-electron chi connectivity index (χ1n) is 9.61. The summed E-state index contributed by atoms with van der Waals surface area (Å²) in [5.74, 6) is 1.56. The van der Waals surface area contributed by atoms with Crippen molar-refractivity contribution in [1.82, 2.24) is 5.32 Å². The third-order valence-electron chi connectivity index (χ3n) is 5.33. The van der Waals surface area contributed by atoms with Gasteiger partial charge in [-0.3, -0.25) is 4.79 Å². The van der Waals surface area contributed by atoms with E-state index in [4.69, 9.17) is 21.1 Å². The summed E-state index contributed by atoms with van der Waals surface area (Å²) >= 11 is 6.09. The zero-order valence-corrected chi connectivity index (χ0v) is 16.7. The molecule has 4 rings (SSSR count). The van der Waals surface area contributed by atoms with Gasteiger partial charge in [0, 0.05) is 10.7 Å². The van der Waals surface area contributed by atoms with Crippen molar-refractivity contribution in [2.75, 3.05) is 44.4 Å². The number of carbonyl (C=O) groups excluding carboxylic acids is 1. The predicted octanol–water partition coefficient (Wildman–Crippen LogP) is 1.65. The third-order valence-corrected chi connectivity index (χ3v) is 5.56. The Balaban J connectivity index is 1.26. The molecule has 2 N–H and O–H groups in total. The molecule has 0 saturated carbocycles. The van der Waals surface area contributed by atoms with Crippen LogP contribution in [0.4, 0.5) is 5.69 Å². The molecule has 28 heavy (non-hydrogen) atoms. The number of anilines is 1. The van der Waals surface area contributed by atoms with E-state index >= 15 is 0 Å². The molecule has 2 heterocycles. The number of fused-ring (bicyclic) bond motifs is 1. The highest BCUT2D eigenvalue weighted by Crippen LogP contribution is 2.34. The topological polar surface area (TPSA) is 55.2 Å². The Labute approximate surface area is 170 Å². The summed E-state index contributed by atoms with van der Waals surface area (Å²) in [4.78, 5) is 16.1. The van der Waals surface area contributed by atoms with Gasteiger partial charge >= 0.3 is 0 Å². The van der Waals surface area contributed by atoms with Crippen molar-refractivity contribution in [1.29, 1.82) is 0 Å². The lowest BCUT2D eigenvalue weighted by Crippen LogP contribution is -3.15. The van der Waals surface area contributed by atoms with E-state index in [1.807, 2.05) is 43.3 Å². The summed E-state index contributed by atoms with van der Waals surface area (Å²) in [5.41, 5.74) is 2.16. The number of rotatable bonds is 5. The second kappa shape index (κ2) is 8.29. The van der Waals surface area contributed by atoms with Crippen molar-refractivity contribution in [3.63, 3.8) is 0 Å². The van der Waals surface area contributed by atoms with Crippen LogP contribution in [0.2, 0.25) is 5.02 Å². The van der Waals surface area contributed by atoms with Crippen LogP contribution in [0.5, 0.6) is 11.5 Å². The molecule has 1 atom stereocenters. The van der Waals surface area contributed by atoms with Crippen LogP contribution in [-0.4, -0.2) is 45.4 Å². The first kappa shape index (κ1) is 18.9. The van der Waals surface area contributed by atoms with Gasteiger partial charge in [0.15, 0.2) is 18.0 Å². The fraction of sp³-hybridized carbons (Fsp3) is 0.381. The quantitative estimate of drug-likeness (QED) is 0.798. The molecule has 2 aliphatic rings. The molecule has 2 aromatic rings. The van der Waals surface area contributed by atoms with Crippen LogP contribution < -0.4 is 24.6 Å². The van der Waals surface area contributed by atoms with E-state index < -0.39 is 0 Å². The number of hydrogen-bond acceptors (Lipinski definition) is 4. The summed E-state index contributed by atoms with van der Waals surface area (Å²) in [6, 6.07) is 13.6. The predicted molar refractivity (Wildman–Crippen MR) is 108 cm³/mol. The van der Waals surface area contributed by atoms with Crippen LogP contribution in [-0.2, 0) is 4.79 Å². The number of benzene rings is 2. The third kappa shape index (κ3) is 4.34. The monoisotopic (exact) mass is 402 g/mol. The first-order chi connectivity index (χ1) is 13.6. The van der Waals surface area contributed by atoms with Gasteiger partial charge in [0.2, 0.25) is 6.79 Å². The molecule has 148 valence electrons. The molecule has 1 fully saturated rings. The summed E-state index contributed by atoms with van der Waals surface area (Å²) in [6.07, 6.45) is 0. The largest absolute Gasteiger partial charge is 0.454 e. The molecule has 0 spiro atoms. The van der Waals surface area contributed by atoms with Gasteiger partial charge in [-0.1, -0.05) is 23.7 Å². The highest BCUT2D eigenvalue weighted by Gasteiger charge is 2.23. The maximum atomic E-state index is 12.5. The van der Waals surface area contributed by atoms with Gasteiger partial charge in [0.1, 0.15) is 0 Å². The van der Waals surface area contributed by atoms with Crippen molar-refractivity contribution in [3.8, 4) is 11.5 Å². The van der Waals surface area contributed by atoms with E-state index in [-0.39, 0.29) is 18.7 Å². The zero-order valence-electron chi connectivity index (χ0n) is 15.9. The second-order valence-electron chi connectivity index (χ2n) is 7.30. The molecule has 1 saturated heterocycles. The standard InChI is InChI=1S/C21H24ClN3O3/c1-15(16-5-6-19-20(11-16)28-14-27-19)23-21(26)13-24-7-9-25(10-8-24)18-4-2-3-17(22)12-18/h2-6,11-12,15H,7-10,13-14H2,1H3,(H,23,26)/p+1/t15-/m1/s1. The van der Waals surface area contributed by atoms with E-state index in [1.165, 1.54) is 4.90 Å². The first-order valence-corrected chi connectivity index (χ1v) is 9.99. The highest BCUT2D eigenvalue weighted by molar-refractivity contribution is 6.30. The van der Waals surface area contributed by atoms with Gasteiger partial charge in [-0.25, -0.2) is 0 Å². The van der Waals surface area contributed by atoms with Gasteiger partial charge in [0.05, 0.1) is 32.2 Å². The minimum atomic E-state index is -0.0749. The van der Waals surface area contributed by atoms with Gasteiger partial charge in [-0.05, 0) is 42.8 Å². The number of quaternary nitrogens is 1. The molecule has 2 aromatic carbocycles. The minimum absolute atomic E-state index is 0.0661. The number of nitrogens with one attached hydrogen (secondary N) is 2. The molecular weight excluding hydrogens is 378 g/mol. The number of amides is 1. The van der Waals surface area contributed by atoms with Crippen LogP contribution in [0.25, 0.3) is 0 Å². The molecule has 7 heteroatoms. The molecule has 1 amide bonds. The van der Waals surface area contributed by atoms with E-state index in [0.29, 0.717) is 6.54 Å². The summed E-state index contributed by atoms with van der Waals surface area (Å²) in [6.45, 7) is 6.42. The van der Waals surface area contributed by atoms with E-state index in [1.54, 1.807) is 0 Å². The lowest BCUT2D eigenvalue weighted by atomic mass is 10.1. The molecule has 6 nitrogen and oxygen atoms in total. The van der Waals surface area contributed by atoms with Crippen molar-refractivity contribution in [2.45, 2.75) is 13.0 Å². The SMILES string of the molecule is C[C@@H](NC(=O)C[NH+]1CCN(c2cccc(Cl)c2)CC1)c1ccc2c(c1)OCO2.